The van der Waals surface area contributed by atoms with Crippen LogP contribution in [-0.2, 0) is 16.1 Å². The summed E-state index contributed by atoms with van der Waals surface area (Å²) in [6.45, 7) is 8.91. The van der Waals surface area contributed by atoms with Crippen LogP contribution in [0.25, 0.3) is 16.9 Å². The number of morpholine rings is 1. The molecule has 2 fully saturated rings. The molecule has 2 saturated heterocycles. The number of amides is 2. The first-order valence-corrected chi connectivity index (χ1v) is 16.8. The quantitative estimate of drug-likeness (QED) is 0.223. The fraction of sp³-hybridized carbons (Fsp3) is 0.469. The van der Waals surface area contributed by atoms with Crippen LogP contribution in [0.3, 0.4) is 0 Å². The molecule has 0 aliphatic carbocycles. The molecule has 1 aromatic carbocycles. The maximum Gasteiger partial charge on any atom is 0.387 e. The molecule has 0 radical (unpaired) electrons. The number of hydrogen-bond acceptors (Lipinski definition) is 10. The summed E-state index contributed by atoms with van der Waals surface area (Å²) in [6, 6.07) is 6.57. The molecule has 0 atom stereocenters. The Balaban J connectivity index is 1.22. The number of nitrogens with one attached hydrogen (secondary N) is 1. The number of thioether (sulfide) groups is 1. The van der Waals surface area contributed by atoms with E-state index in [1.165, 1.54) is 27.7 Å². The molecule has 0 saturated carbocycles. The number of ether oxygens (including phenoxy) is 2. The summed E-state index contributed by atoms with van der Waals surface area (Å²) in [5.41, 5.74) is 1.23. The van der Waals surface area contributed by atoms with Gasteiger partial charge < -0.3 is 19.7 Å². The van der Waals surface area contributed by atoms with Crippen molar-refractivity contribution in [3.05, 3.63) is 54.6 Å². The lowest BCUT2D eigenvalue weighted by atomic mass is 10.1. The number of carbonyl (C=O) groups excluding carboxylic acids is 2. The van der Waals surface area contributed by atoms with Gasteiger partial charge in [-0.3, -0.25) is 24.1 Å². The monoisotopic (exact) mass is 683 g/mol. The van der Waals surface area contributed by atoms with E-state index in [0.29, 0.717) is 18.7 Å². The Bertz CT molecular complexity index is 1720. The lowest BCUT2D eigenvalue weighted by Crippen LogP contribution is -2.51. The first-order valence-electron chi connectivity index (χ1n) is 16.0. The van der Waals surface area contributed by atoms with E-state index in [0.717, 1.165) is 57.4 Å². The van der Waals surface area contributed by atoms with E-state index in [2.05, 4.69) is 30.3 Å². The minimum atomic E-state index is -3.08. The van der Waals surface area contributed by atoms with E-state index in [4.69, 9.17) is 9.47 Å². The number of rotatable bonds is 12. The molecular formula is C32H39F2N9O4S. The average Bonchev–Trinajstić information content (AvgIpc) is 3.68. The summed E-state index contributed by atoms with van der Waals surface area (Å²) in [5, 5.41) is 11.9. The molecule has 0 unspecified atom stereocenters. The maximum atomic E-state index is 13.5. The van der Waals surface area contributed by atoms with Gasteiger partial charge in [-0.05, 0) is 24.3 Å². The lowest BCUT2D eigenvalue weighted by molar-refractivity contribution is -0.133. The zero-order valence-corrected chi connectivity index (χ0v) is 27.7. The highest BCUT2D eigenvalue weighted by Gasteiger charge is 2.26. The molecule has 0 spiro atoms. The van der Waals surface area contributed by atoms with Gasteiger partial charge in [0.05, 0.1) is 25.1 Å². The molecule has 16 heteroatoms. The van der Waals surface area contributed by atoms with Gasteiger partial charge in [-0.15, -0.1) is 11.8 Å². The highest BCUT2D eigenvalue weighted by atomic mass is 32.2. The predicted molar refractivity (Wildman–Crippen MR) is 177 cm³/mol. The molecule has 256 valence electrons. The highest BCUT2D eigenvalue weighted by molar-refractivity contribution is 7.99. The zero-order chi connectivity index (χ0) is 33.6. The second kappa shape index (κ2) is 15.4. The lowest BCUT2D eigenvalue weighted by Gasteiger charge is -2.36. The number of alkyl halides is 2. The van der Waals surface area contributed by atoms with Crippen LogP contribution in [0, 0.1) is 0 Å². The van der Waals surface area contributed by atoms with Gasteiger partial charge in [0.15, 0.2) is 5.65 Å². The molecule has 2 aliphatic rings. The summed E-state index contributed by atoms with van der Waals surface area (Å²) in [5.74, 6) is -0.751. The predicted octanol–water partition coefficient (Wildman–Crippen LogP) is 3.42. The Morgan fingerprint density at radius 2 is 1.81 bits per heavy atom. The topological polar surface area (TPSA) is 122 Å². The molecule has 13 nitrogen and oxygen atoms in total. The van der Waals surface area contributed by atoms with Crippen molar-refractivity contribution in [3.63, 3.8) is 0 Å². The molecule has 3 aromatic heterocycles. The van der Waals surface area contributed by atoms with Gasteiger partial charge in [-0.1, -0.05) is 13.8 Å². The minimum Gasteiger partial charge on any atom is -0.434 e. The van der Waals surface area contributed by atoms with Crippen molar-refractivity contribution < 1.29 is 27.8 Å². The first kappa shape index (κ1) is 33.8. The molecule has 2 amide bonds. The van der Waals surface area contributed by atoms with Gasteiger partial charge in [0.2, 0.25) is 5.91 Å². The smallest absolute Gasteiger partial charge is 0.387 e. The van der Waals surface area contributed by atoms with E-state index >= 15 is 0 Å². The number of hydrogen-bond donors (Lipinski definition) is 1. The van der Waals surface area contributed by atoms with Crippen molar-refractivity contribution in [1.29, 1.82) is 0 Å². The Morgan fingerprint density at radius 3 is 2.54 bits per heavy atom. The van der Waals surface area contributed by atoms with Crippen molar-refractivity contribution in [2.24, 2.45) is 0 Å². The SMILES string of the molecule is CC(C)Sc1ccc(OC(F)F)c(-c2nn(CC(=O)N3CCN(CCN4CCOCC4)CC3)cc2NC(=O)c2cnn3cccnc23)c1. The number of fused-ring (bicyclic) bond motifs is 1. The van der Waals surface area contributed by atoms with Crippen LogP contribution in [-0.4, -0.2) is 128 Å². The van der Waals surface area contributed by atoms with Crippen LogP contribution in [0.1, 0.15) is 24.2 Å². The van der Waals surface area contributed by atoms with Crippen LogP contribution in [0.4, 0.5) is 14.5 Å². The van der Waals surface area contributed by atoms with E-state index in [1.54, 1.807) is 47.3 Å². The van der Waals surface area contributed by atoms with E-state index < -0.39 is 12.5 Å². The van der Waals surface area contributed by atoms with Gasteiger partial charge in [0.25, 0.3) is 5.91 Å². The Hall–Kier alpha value is -4.12. The van der Waals surface area contributed by atoms with Gasteiger partial charge in [-0.25, -0.2) is 9.50 Å². The Kier molecular flexibility index (Phi) is 10.8. The van der Waals surface area contributed by atoms with E-state index in [1.807, 2.05) is 13.8 Å². The van der Waals surface area contributed by atoms with E-state index in [9.17, 15) is 18.4 Å². The third-order valence-electron chi connectivity index (χ3n) is 8.19. The van der Waals surface area contributed by atoms with Gasteiger partial charge in [0, 0.05) is 86.7 Å². The number of anilines is 1. The fourth-order valence-corrected chi connectivity index (χ4v) is 6.65. The molecule has 6 rings (SSSR count). The van der Waals surface area contributed by atoms with Crippen molar-refractivity contribution in [3.8, 4) is 17.0 Å². The summed E-state index contributed by atoms with van der Waals surface area (Å²) >= 11 is 1.54. The Morgan fingerprint density at radius 1 is 1.06 bits per heavy atom. The summed E-state index contributed by atoms with van der Waals surface area (Å²) < 4.78 is 40.3. The van der Waals surface area contributed by atoms with Crippen LogP contribution >= 0.6 is 11.8 Å². The molecule has 48 heavy (non-hydrogen) atoms. The Labute approximate surface area is 281 Å². The molecular weight excluding hydrogens is 644 g/mol. The third kappa shape index (κ3) is 8.29. The van der Waals surface area contributed by atoms with Crippen LogP contribution in [0.2, 0.25) is 0 Å². The third-order valence-corrected chi connectivity index (χ3v) is 9.18. The second-order valence-electron chi connectivity index (χ2n) is 11.9. The van der Waals surface area contributed by atoms with Crippen LogP contribution < -0.4 is 10.1 Å². The first-order chi connectivity index (χ1) is 23.2. The van der Waals surface area contributed by atoms with Crippen molar-refractivity contribution in [2.75, 3.05) is 70.9 Å². The van der Waals surface area contributed by atoms with Crippen LogP contribution in [0.5, 0.6) is 5.75 Å². The normalized spacial score (nSPS) is 16.2. The summed E-state index contributed by atoms with van der Waals surface area (Å²) in [6.07, 6.45) is 6.16. The minimum absolute atomic E-state index is 0.0968. The molecule has 1 N–H and O–H groups in total. The molecule has 5 heterocycles. The standard InChI is InChI=1S/C32H39F2N9O4S/c1-22(2)48-23-4-5-27(47-32(33)34)24(18-23)29-26(37-31(45)25-19-36-43-7-3-6-35-30(25)43)20-42(38-29)21-28(44)41-12-10-39(11-13-41)8-9-40-14-16-46-17-15-40/h3-7,18-20,22,32H,8-17,21H2,1-2H3,(H,37,45). The van der Waals surface area contributed by atoms with Crippen molar-refractivity contribution in [1.82, 2.24) is 39.1 Å². The van der Waals surface area contributed by atoms with Gasteiger partial charge >= 0.3 is 6.61 Å². The molecule has 2 aliphatic heterocycles. The largest absolute Gasteiger partial charge is 0.434 e. The molecule has 0 bridgehead atoms. The number of halogens is 2. The van der Waals surface area contributed by atoms with Crippen molar-refractivity contribution >= 4 is 34.9 Å². The second-order valence-corrected chi connectivity index (χ2v) is 13.5. The number of benzene rings is 1. The van der Waals surface area contributed by atoms with E-state index in [-0.39, 0.29) is 46.0 Å². The average molecular weight is 684 g/mol. The number of aromatic nitrogens is 5. The zero-order valence-electron chi connectivity index (χ0n) is 26.9. The number of piperazine rings is 1. The fourth-order valence-electron chi connectivity index (χ4n) is 5.78. The summed E-state index contributed by atoms with van der Waals surface area (Å²) in [4.78, 5) is 38.6. The number of carbonyl (C=O) groups is 2. The van der Waals surface area contributed by atoms with Gasteiger partial charge in [-0.2, -0.15) is 19.0 Å². The van der Waals surface area contributed by atoms with Crippen LogP contribution in [0.15, 0.2) is 53.9 Å². The summed E-state index contributed by atoms with van der Waals surface area (Å²) in [7, 11) is 0. The number of nitrogens with zero attached hydrogens (tertiary/aromatic N) is 8. The van der Waals surface area contributed by atoms with Gasteiger partial charge in [0.1, 0.15) is 23.6 Å². The molecule has 4 aromatic rings. The maximum absolute atomic E-state index is 13.5. The van der Waals surface area contributed by atoms with Crippen molar-refractivity contribution in [2.45, 2.75) is 37.1 Å². The highest BCUT2D eigenvalue weighted by Crippen LogP contribution is 2.39.